The molecule has 0 heterocycles. The molecule has 32 heavy (non-hydrogen) atoms. The van der Waals surface area contributed by atoms with Crippen molar-refractivity contribution < 1.29 is 13.2 Å². The van der Waals surface area contributed by atoms with E-state index in [1.807, 2.05) is 12.1 Å². The molecule has 3 aromatic carbocycles. The number of aryl methyl sites for hydroxylation is 1. The van der Waals surface area contributed by atoms with Gasteiger partial charge in [-0.2, -0.15) is 4.31 Å². The predicted molar refractivity (Wildman–Crippen MR) is 132 cm³/mol. The van der Waals surface area contributed by atoms with Gasteiger partial charge in [-0.3, -0.25) is 4.79 Å². The highest BCUT2D eigenvalue weighted by molar-refractivity contribution is 7.93. The Balaban J connectivity index is 1.99. The minimum atomic E-state index is -4.12. The largest absolute Gasteiger partial charge is 0.271 e. The Morgan fingerprint density at radius 3 is 2.25 bits per heavy atom. The molecule has 0 saturated carbocycles. The van der Waals surface area contributed by atoms with Crippen molar-refractivity contribution >= 4 is 50.9 Å². The Hall–Kier alpha value is -2.60. The Bertz CT molecular complexity index is 1210. The minimum Gasteiger partial charge on any atom is -0.268 e. The first-order valence-corrected chi connectivity index (χ1v) is 12.4. The van der Waals surface area contributed by atoms with Gasteiger partial charge in [0.25, 0.3) is 15.9 Å². The van der Waals surface area contributed by atoms with Crippen LogP contribution in [0.15, 0.2) is 83.8 Å². The van der Waals surface area contributed by atoms with Crippen LogP contribution >= 0.6 is 23.2 Å². The van der Waals surface area contributed by atoms with Crippen LogP contribution in [0.1, 0.15) is 30.9 Å². The molecule has 0 N–H and O–H groups in total. The van der Waals surface area contributed by atoms with E-state index < -0.39 is 15.9 Å². The Kier molecular flexibility index (Phi) is 8.13. The third-order valence-corrected chi connectivity index (χ3v) is 7.31. The molecule has 3 aromatic rings. The van der Waals surface area contributed by atoms with Crippen molar-refractivity contribution in [3.63, 3.8) is 0 Å². The number of rotatable bonds is 8. The minimum absolute atomic E-state index is 0.0337. The lowest BCUT2D eigenvalue weighted by Crippen LogP contribution is -2.35. The van der Waals surface area contributed by atoms with Gasteiger partial charge in [-0.1, -0.05) is 72.9 Å². The lowest BCUT2D eigenvalue weighted by molar-refractivity contribution is -0.113. The van der Waals surface area contributed by atoms with E-state index in [4.69, 9.17) is 23.2 Å². The van der Waals surface area contributed by atoms with Gasteiger partial charge in [-0.25, -0.2) is 8.42 Å². The number of anilines is 1. The molecule has 1 amide bonds. The molecule has 7 heteroatoms. The summed E-state index contributed by atoms with van der Waals surface area (Å²) >= 11 is 12.0. The Morgan fingerprint density at radius 2 is 1.62 bits per heavy atom. The summed E-state index contributed by atoms with van der Waals surface area (Å²) in [6.07, 6.45) is 5.72. The number of benzene rings is 3. The third kappa shape index (κ3) is 5.80. The molecular formula is C25H23Cl2NO3S. The van der Waals surface area contributed by atoms with Gasteiger partial charge >= 0.3 is 0 Å². The number of hydrogen-bond donors (Lipinski definition) is 0. The molecule has 0 aliphatic carbocycles. The topological polar surface area (TPSA) is 54.5 Å². The van der Waals surface area contributed by atoms with Crippen LogP contribution in [0, 0.1) is 0 Å². The third-order valence-electron chi connectivity index (χ3n) is 4.83. The van der Waals surface area contributed by atoms with Crippen molar-refractivity contribution in [3.8, 4) is 0 Å². The zero-order chi connectivity index (χ0) is 23.1. The number of halogens is 2. The molecule has 0 unspecified atom stereocenters. The van der Waals surface area contributed by atoms with Gasteiger partial charge in [0, 0.05) is 6.08 Å². The SMILES string of the molecule is CCCCc1ccc(N(C(=O)/C=C/c2ccc(Cl)c(Cl)c2)S(=O)(=O)c2ccccc2)cc1. The quantitative estimate of drug-likeness (QED) is 0.329. The van der Waals surface area contributed by atoms with E-state index in [0.717, 1.165) is 29.1 Å². The zero-order valence-electron chi connectivity index (χ0n) is 17.5. The number of nitrogens with zero attached hydrogens (tertiary/aromatic N) is 1. The highest BCUT2D eigenvalue weighted by atomic mass is 35.5. The van der Waals surface area contributed by atoms with Crippen molar-refractivity contribution in [1.29, 1.82) is 0 Å². The second-order valence-electron chi connectivity index (χ2n) is 7.20. The number of carbonyl (C=O) groups is 1. The molecule has 4 nitrogen and oxygen atoms in total. The summed E-state index contributed by atoms with van der Waals surface area (Å²) in [6, 6.07) is 19.8. The van der Waals surface area contributed by atoms with Crippen molar-refractivity contribution in [2.45, 2.75) is 31.1 Å². The first-order chi connectivity index (χ1) is 15.3. The fraction of sp³-hybridized carbons (Fsp3) is 0.160. The fourth-order valence-corrected chi connectivity index (χ4v) is 4.83. The highest BCUT2D eigenvalue weighted by Crippen LogP contribution is 2.26. The van der Waals surface area contributed by atoms with Crippen LogP contribution in [0.2, 0.25) is 10.0 Å². The highest BCUT2D eigenvalue weighted by Gasteiger charge is 2.29. The lowest BCUT2D eigenvalue weighted by atomic mass is 10.1. The van der Waals surface area contributed by atoms with E-state index in [1.165, 1.54) is 24.3 Å². The zero-order valence-corrected chi connectivity index (χ0v) is 19.9. The van der Waals surface area contributed by atoms with Gasteiger partial charge in [-0.15, -0.1) is 0 Å². The van der Waals surface area contributed by atoms with Crippen molar-refractivity contribution in [1.82, 2.24) is 0 Å². The Morgan fingerprint density at radius 1 is 0.938 bits per heavy atom. The van der Waals surface area contributed by atoms with Gasteiger partial charge < -0.3 is 0 Å². The van der Waals surface area contributed by atoms with Crippen LogP contribution in [0.5, 0.6) is 0 Å². The van der Waals surface area contributed by atoms with E-state index in [-0.39, 0.29) is 10.6 Å². The molecule has 0 radical (unpaired) electrons. The molecular weight excluding hydrogens is 465 g/mol. The second-order valence-corrected chi connectivity index (χ2v) is 9.80. The Labute approximate surface area is 199 Å². The molecule has 0 aliphatic rings. The molecule has 0 aromatic heterocycles. The van der Waals surface area contributed by atoms with Gasteiger partial charge in [0.1, 0.15) is 0 Å². The number of sulfonamides is 1. The maximum Gasteiger partial charge on any atom is 0.271 e. The maximum atomic E-state index is 13.4. The van der Waals surface area contributed by atoms with E-state index in [1.54, 1.807) is 48.5 Å². The number of hydrogen-bond acceptors (Lipinski definition) is 3. The van der Waals surface area contributed by atoms with E-state index in [0.29, 0.717) is 15.6 Å². The average molecular weight is 488 g/mol. The summed E-state index contributed by atoms with van der Waals surface area (Å²) in [7, 11) is -4.12. The van der Waals surface area contributed by atoms with Gasteiger partial charge in [0.05, 0.1) is 20.6 Å². The normalized spacial score (nSPS) is 11.6. The summed E-state index contributed by atoms with van der Waals surface area (Å²) in [5.74, 6) is -0.693. The van der Waals surface area contributed by atoms with E-state index in [9.17, 15) is 13.2 Å². The smallest absolute Gasteiger partial charge is 0.268 e. The van der Waals surface area contributed by atoms with Crippen LogP contribution in [-0.2, 0) is 21.2 Å². The first kappa shape index (κ1) is 24.1. The molecule has 0 atom stereocenters. The number of unbranched alkanes of at least 4 members (excludes halogenated alkanes) is 1. The van der Waals surface area contributed by atoms with Crippen molar-refractivity contribution in [2.75, 3.05) is 4.31 Å². The van der Waals surface area contributed by atoms with Crippen LogP contribution in [0.4, 0.5) is 5.69 Å². The standard InChI is InChI=1S/C25H23Cl2NO3S/c1-2-3-7-19-10-14-21(15-11-19)28(32(30,31)22-8-5-4-6-9-22)25(29)17-13-20-12-16-23(26)24(27)18-20/h4-6,8-18H,2-3,7H2,1H3/b17-13+. The first-order valence-electron chi connectivity index (χ1n) is 10.2. The molecule has 0 aliphatic heterocycles. The van der Waals surface area contributed by atoms with E-state index in [2.05, 4.69) is 6.92 Å². The summed E-state index contributed by atoms with van der Waals surface area (Å²) in [6.45, 7) is 2.11. The molecule has 3 rings (SSSR count). The van der Waals surface area contributed by atoms with Gasteiger partial charge in [0.2, 0.25) is 0 Å². The molecule has 166 valence electrons. The lowest BCUT2D eigenvalue weighted by Gasteiger charge is -2.21. The van der Waals surface area contributed by atoms with Crippen LogP contribution < -0.4 is 4.31 Å². The summed E-state index contributed by atoms with van der Waals surface area (Å²) < 4.78 is 27.6. The van der Waals surface area contributed by atoms with E-state index >= 15 is 0 Å². The monoisotopic (exact) mass is 487 g/mol. The predicted octanol–water partition coefficient (Wildman–Crippen LogP) is 6.77. The summed E-state index contributed by atoms with van der Waals surface area (Å²) in [4.78, 5) is 13.2. The maximum absolute atomic E-state index is 13.4. The second kappa shape index (κ2) is 10.8. The van der Waals surface area contributed by atoms with Gasteiger partial charge in [0.15, 0.2) is 0 Å². The molecule has 0 bridgehead atoms. The van der Waals surface area contributed by atoms with Crippen LogP contribution in [0.3, 0.4) is 0 Å². The molecule has 0 fully saturated rings. The average Bonchev–Trinajstić information content (AvgIpc) is 2.80. The number of amides is 1. The molecule has 0 saturated heterocycles. The summed E-state index contributed by atoms with van der Waals surface area (Å²) in [5.41, 5.74) is 1.99. The van der Waals surface area contributed by atoms with Gasteiger partial charge in [-0.05, 0) is 66.4 Å². The van der Waals surface area contributed by atoms with Crippen molar-refractivity contribution in [3.05, 3.63) is 100 Å². The summed E-state index contributed by atoms with van der Waals surface area (Å²) in [5, 5.41) is 0.740. The molecule has 0 spiro atoms. The number of carbonyl (C=O) groups excluding carboxylic acids is 1. The van der Waals surface area contributed by atoms with Crippen LogP contribution in [-0.4, -0.2) is 14.3 Å². The van der Waals surface area contributed by atoms with Crippen LogP contribution in [0.25, 0.3) is 6.08 Å². The van der Waals surface area contributed by atoms with Crippen molar-refractivity contribution in [2.24, 2.45) is 0 Å². The fourth-order valence-electron chi connectivity index (χ4n) is 3.11.